The van der Waals surface area contributed by atoms with Gasteiger partial charge in [-0.2, -0.15) is 11.3 Å². The van der Waals surface area contributed by atoms with Gasteiger partial charge in [0.2, 0.25) is 0 Å². The SMILES string of the molecule is CCc1ccc(C(O)c2cscc2Br)cc1. The van der Waals surface area contributed by atoms with Crippen molar-refractivity contribution < 1.29 is 5.11 Å². The number of rotatable bonds is 3. The van der Waals surface area contributed by atoms with E-state index < -0.39 is 6.10 Å². The molecule has 1 heterocycles. The fourth-order valence-corrected chi connectivity index (χ4v) is 3.13. The molecule has 1 aromatic carbocycles. The van der Waals surface area contributed by atoms with Gasteiger partial charge in [0.15, 0.2) is 0 Å². The van der Waals surface area contributed by atoms with Crippen molar-refractivity contribution in [3.63, 3.8) is 0 Å². The van der Waals surface area contributed by atoms with Gasteiger partial charge in [-0.1, -0.05) is 31.2 Å². The number of aryl methyl sites for hydroxylation is 1. The van der Waals surface area contributed by atoms with Crippen LogP contribution in [0.5, 0.6) is 0 Å². The molecular weight excluding hydrogens is 284 g/mol. The van der Waals surface area contributed by atoms with Gasteiger partial charge in [-0.15, -0.1) is 0 Å². The number of thiophene rings is 1. The van der Waals surface area contributed by atoms with Crippen molar-refractivity contribution in [3.05, 3.63) is 56.2 Å². The molecule has 0 spiro atoms. The van der Waals surface area contributed by atoms with E-state index in [1.54, 1.807) is 11.3 Å². The third-order valence-corrected chi connectivity index (χ3v) is 4.39. The van der Waals surface area contributed by atoms with Crippen LogP contribution in [0.4, 0.5) is 0 Å². The van der Waals surface area contributed by atoms with E-state index in [4.69, 9.17) is 0 Å². The van der Waals surface area contributed by atoms with Gasteiger partial charge >= 0.3 is 0 Å². The molecule has 1 atom stereocenters. The molecule has 0 aliphatic heterocycles. The summed E-state index contributed by atoms with van der Waals surface area (Å²) < 4.78 is 0.976. The van der Waals surface area contributed by atoms with Gasteiger partial charge in [-0.3, -0.25) is 0 Å². The predicted octanol–water partition coefficient (Wildman–Crippen LogP) is 4.15. The van der Waals surface area contributed by atoms with E-state index in [2.05, 4.69) is 35.0 Å². The van der Waals surface area contributed by atoms with Crippen LogP contribution in [0.15, 0.2) is 39.5 Å². The molecule has 0 amide bonds. The lowest BCUT2D eigenvalue weighted by molar-refractivity contribution is 0.220. The van der Waals surface area contributed by atoms with Crippen LogP contribution in [0.1, 0.15) is 29.7 Å². The molecule has 0 fully saturated rings. The van der Waals surface area contributed by atoms with Gasteiger partial charge in [0.25, 0.3) is 0 Å². The summed E-state index contributed by atoms with van der Waals surface area (Å²) in [4.78, 5) is 0. The highest BCUT2D eigenvalue weighted by atomic mass is 79.9. The normalized spacial score (nSPS) is 12.7. The molecule has 3 heteroatoms. The van der Waals surface area contributed by atoms with Crippen LogP contribution < -0.4 is 0 Å². The molecule has 1 aromatic heterocycles. The summed E-state index contributed by atoms with van der Waals surface area (Å²) in [5.74, 6) is 0. The second-order valence-corrected chi connectivity index (χ2v) is 5.27. The smallest absolute Gasteiger partial charge is 0.106 e. The Labute approximate surface area is 108 Å². The molecule has 84 valence electrons. The molecule has 16 heavy (non-hydrogen) atoms. The van der Waals surface area contributed by atoms with Crippen molar-refractivity contribution in [2.45, 2.75) is 19.4 Å². The largest absolute Gasteiger partial charge is 0.384 e. The van der Waals surface area contributed by atoms with E-state index >= 15 is 0 Å². The van der Waals surface area contributed by atoms with Gasteiger partial charge in [-0.25, -0.2) is 0 Å². The maximum atomic E-state index is 10.2. The Hall–Kier alpha value is -0.640. The molecule has 0 radical (unpaired) electrons. The lowest BCUT2D eigenvalue weighted by atomic mass is 10.0. The molecule has 1 N–H and O–H groups in total. The number of aliphatic hydroxyl groups is 1. The number of halogens is 1. The zero-order valence-corrected chi connectivity index (χ0v) is 11.4. The van der Waals surface area contributed by atoms with Crippen LogP contribution >= 0.6 is 27.3 Å². The number of hydrogen-bond donors (Lipinski definition) is 1. The Balaban J connectivity index is 2.27. The predicted molar refractivity (Wildman–Crippen MR) is 71.9 cm³/mol. The van der Waals surface area contributed by atoms with Crippen LogP contribution in [0.25, 0.3) is 0 Å². The molecule has 0 aliphatic rings. The fraction of sp³-hybridized carbons (Fsp3) is 0.231. The molecule has 0 bridgehead atoms. The molecule has 1 nitrogen and oxygen atoms in total. The molecule has 0 aliphatic carbocycles. The zero-order valence-electron chi connectivity index (χ0n) is 8.98. The lowest BCUT2D eigenvalue weighted by Gasteiger charge is -2.10. The van der Waals surface area contributed by atoms with Crippen molar-refractivity contribution in [1.82, 2.24) is 0 Å². The van der Waals surface area contributed by atoms with E-state index in [1.165, 1.54) is 5.56 Å². The first kappa shape index (κ1) is 11.8. The molecule has 0 saturated carbocycles. The van der Waals surface area contributed by atoms with Crippen molar-refractivity contribution in [2.24, 2.45) is 0 Å². The summed E-state index contributed by atoms with van der Waals surface area (Å²) in [6, 6.07) is 8.12. The minimum absolute atomic E-state index is 0.536. The summed E-state index contributed by atoms with van der Waals surface area (Å²) in [5.41, 5.74) is 3.17. The monoisotopic (exact) mass is 296 g/mol. The second-order valence-electron chi connectivity index (χ2n) is 3.67. The second kappa shape index (κ2) is 5.13. The highest BCUT2D eigenvalue weighted by Crippen LogP contribution is 2.31. The quantitative estimate of drug-likeness (QED) is 0.902. The highest BCUT2D eigenvalue weighted by Gasteiger charge is 2.13. The summed E-state index contributed by atoms with van der Waals surface area (Å²) in [7, 11) is 0. The van der Waals surface area contributed by atoms with Crippen molar-refractivity contribution >= 4 is 27.3 Å². The average molecular weight is 297 g/mol. The highest BCUT2D eigenvalue weighted by molar-refractivity contribution is 9.10. The van der Waals surface area contributed by atoms with Crippen LogP contribution in [-0.2, 0) is 6.42 Å². The van der Waals surface area contributed by atoms with Crippen molar-refractivity contribution in [2.75, 3.05) is 0 Å². The van der Waals surface area contributed by atoms with E-state index in [9.17, 15) is 5.11 Å². The summed E-state index contributed by atoms with van der Waals surface area (Å²) in [6.45, 7) is 2.13. The minimum Gasteiger partial charge on any atom is -0.384 e. The summed E-state index contributed by atoms with van der Waals surface area (Å²) in [6.07, 6.45) is 0.491. The van der Waals surface area contributed by atoms with E-state index in [-0.39, 0.29) is 0 Å². The van der Waals surface area contributed by atoms with Gasteiger partial charge in [0, 0.05) is 15.4 Å². The van der Waals surface area contributed by atoms with Crippen LogP contribution in [0, 0.1) is 0 Å². The standard InChI is InChI=1S/C13H13BrOS/c1-2-9-3-5-10(6-4-9)13(15)11-7-16-8-12(11)14/h3-8,13,15H,2H2,1H3. The van der Waals surface area contributed by atoms with E-state index in [1.807, 2.05) is 22.9 Å². The molecular formula is C13H13BrOS. The lowest BCUT2D eigenvalue weighted by Crippen LogP contribution is -1.98. The maximum absolute atomic E-state index is 10.2. The van der Waals surface area contributed by atoms with E-state index in [0.717, 1.165) is 22.0 Å². The Bertz CT molecular complexity index is 461. The first-order valence-corrected chi connectivity index (χ1v) is 6.94. The Kier molecular flexibility index (Phi) is 3.79. The van der Waals surface area contributed by atoms with Crippen LogP contribution in [-0.4, -0.2) is 5.11 Å². The topological polar surface area (TPSA) is 20.2 Å². The van der Waals surface area contributed by atoms with Gasteiger partial charge in [0.1, 0.15) is 6.10 Å². The maximum Gasteiger partial charge on any atom is 0.106 e. The third kappa shape index (κ3) is 2.37. The zero-order chi connectivity index (χ0) is 11.5. The first-order chi connectivity index (χ1) is 7.72. The van der Waals surface area contributed by atoms with Crippen molar-refractivity contribution in [1.29, 1.82) is 0 Å². The van der Waals surface area contributed by atoms with Gasteiger partial charge in [0.05, 0.1) is 0 Å². The van der Waals surface area contributed by atoms with Crippen molar-refractivity contribution in [3.8, 4) is 0 Å². The fourth-order valence-electron chi connectivity index (χ4n) is 1.60. The minimum atomic E-state index is -0.536. The molecule has 2 rings (SSSR count). The first-order valence-electron chi connectivity index (χ1n) is 5.21. The van der Waals surface area contributed by atoms with Crippen LogP contribution in [0.3, 0.4) is 0 Å². The molecule has 1 unspecified atom stereocenters. The summed E-state index contributed by atoms with van der Waals surface area (Å²) in [5, 5.41) is 14.2. The molecule has 0 saturated heterocycles. The van der Waals surface area contributed by atoms with E-state index in [0.29, 0.717) is 0 Å². The third-order valence-electron chi connectivity index (χ3n) is 2.64. The Morgan fingerprint density at radius 3 is 2.44 bits per heavy atom. The van der Waals surface area contributed by atoms with Gasteiger partial charge < -0.3 is 5.11 Å². The average Bonchev–Trinajstić information content (AvgIpc) is 2.75. The molecule has 2 aromatic rings. The Morgan fingerprint density at radius 1 is 1.25 bits per heavy atom. The summed E-state index contributed by atoms with van der Waals surface area (Å²) >= 11 is 5.03. The number of benzene rings is 1. The number of aliphatic hydroxyl groups excluding tert-OH is 1. The van der Waals surface area contributed by atoms with Gasteiger partial charge in [-0.05, 0) is 38.9 Å². The number of hydrogen-bond acceptors (Lipinski definition) is 2. The Morgan fingerprint density at radius 2 is 1.94 bits per heavy atom. The van der Waals surface area contributed by atoms with Crippen LogP contribution in [0.2, 0.25) is 0 Å².